The molecule has 5 fully saturated rings. The minimum atomic E-state index is -1.70. The van der Waals surface area contributed by atoms with E-state index >= 15 is 0 Å². The maximum atomic E-state index is 14.4. The third-order valence-corrected chi connectivity index (χ3v) is 15.1. The molecule has 0 aromatic carbocycles. The molecular weight excluding hydrogens is 576 g/mol. The van der Waals surface area contributed by atoms with Gasteiger partial charge in [0.05, 0.1) is 18.8 Å². The van der Waals surface area contributed by atoms with Gasteiger partial charge in [-0.15, -0.1) is 0 Å². The van der Waals surface area contributed by atoms with Crippen LogP contribution >= 0.6 is 0 Å². The Balaban J connectivity index is 1.38. The van der Waals surface area contributed by atoms with E-state index in [0.29, 0.717) is 37.5 Å². The quantitative estimate of drug-likeness (QED) is 0.202. The molecular formula is C36H58O9. The van der Waals surface area contributed by atoms with E-state index in [2.05, 4.69) is 54.5 Å². The highest BCUT2D eigenvalue weighted by molar-refractivity contribution is 5.80. The second-order valence-electron chi connectivity index (χ2n) is 18.0. The smallest absolute Gasteiger partial charge is 0.317 e. The minimum absolute atomic E-state index is 0.0497. The van der Waals surface area contributed by atoms with Crippen molar-refractivity contribution in [1.29, 1.82) is 0 Å². The fourth-order valence-corrected chi connectivity index (χ4v) is 12.1. The van der Waals surface area contributed by atoms with E-state index in [1.807, 2.05) is 0 Å². The second-order valence-corrected chi connectivity index (χ2v) is 18.0. The standard InChI is InChI=1S/C36H58O9/c1-31(2)14-15-36(30(43)45-29-28(42)27(41)26(40)21(18-37)44-29)20(16-31)19-8-9-23-33(5)12-11-24(38)32(3,4)22(33)10-13-34(23,6)35(19,7)17-25(36)39/h8,20-29,37-42H,9-18H2,1-7H3/t20-,21-,22?,23+,24-,25?,26-,27-,28-,29+,33-,34+,35+,36+/m0/s1. The maximum absolute atomic E-state index is 14.4. The molecule has 6 N–H and O–H groups in total. The lowest BCUT2D eigenvalue weighted by Crippen LogP contribution is -2.68. The van der Waals surface area contributed by atoms with Gasteiger partial charge in [0.15, 0.2) is 0 Å². The molecule has 5 aliphatic carbocycles. The van der Waals surface area contributed by atoms with Crippen LogP contribution < -0.4 is 0 Å². The molecule has 9 heteroatoms. The van der Waals surface area contributed by atoms with Crippen LogP contribution in [0.3, 0.4) is 0 Å². The van der Waals surface area contributed by atoms with Crippen molar-refractivity contribution in [3.05, 3.63) is 11.6 Å². The molecule has 2 unspecified atom stereocenters. The van der Waals surface area contributed by atoms with E-state index in [1.165, 1.54) is 5.57 Å². The van der Waals surface area contributed by atoms with Crippen molar-refractivity contribution in [3.63, 3.8) is 0 Å². The van der Waals surface area contributed by atoms with E-state index in [4.69, 9.17) is 9.47 Å². The van der Waals surface area contributed by atoms with Crippen molar-refractivity contribution >= 4 is 5.97 Å². The van der Waals surface area contributed by atoms with Crippen molar-refractivity contribution in [2.75, 3.05) is 6.61 Å². The lowest BCUT2D eigenvalue weighted by molar-refractivity contribution is -0.299. The van der Waals surface area contributed by atoms with Crippen LogP contribution in [0, 0.1) is 50.2 Å². The molecule has 0 amide bonds. The van der Waals surface area contributed by atoms with Gasteiger partial charge in [0.25, 0.3) is 0 Å². The van der Waals surface area contributed by atoms with Crippen LogP contribution in [0.25, 0.3) is 0 Å². The zero-order valence-electron chi connectivity index (χ0n) is 28.3. The number of hydrogen-bond acceptors (Lipinski definition) is 9. The molecule has 0 aromatic rings. The molecule has 0 aromatic heterocycles. The summed E-state index contributed by atoms with van der Waals surface area (Å²) in [6.45, 7) is 15.5. The van der Waals surface area contributed by atoms with Crippen LogP contribution in [0.1, 0.15) is 106 Å². The average Bonchev–Trinajstić information content (AvgIpc) is 2.95. The van der Waals surface area contributed by atoms with E-state index < -0.39 is 54.8 Å². The molecule has 6 rings (SSSR count). The van der Waals surface area contributed by atoms with Gasteiger partial charge >= 0.3 is 5.97 Å². The van der Waals surface area contributed by atoms with Gasteiger partial charge in [-0.1, -0.05) is 60.1 Å². The summed E-state index contributed by atoms with van der Waals surface area (Å²) in [5, 5.41) is 64.3. The molecule has 1 heterocycles. The molecule has 6 aliphatic rings. The van der Waals surface area contributed by atoms with Gasteiger partial charge in [-0.25, -0.2) is 0 Å². The number of aliphatic hydroxyl groups is 6. The largest absolute Gasteiger partial charge is 0.432 e. The SMILES string of the molecule is CC1(C)CC[C@]2(C(=O)O[C@H]3O[C@@H](CO)[C@H](O)[C@H](O)[C@@H]3O)C(O)C[C@]3(C)C(=CC[C@@H]4[C@@]5(C)CC[C@H](O)C(C)(C)C5CC[C@]43C)[C@@H]2C1. The number of fused-ring (bicyclic) bond motifs is 7. The first-order valence-electron chi connectivity index (χ1n) is 17.4. The van der Waals surface area contributed by atoms with Gasteiger partial charge < -0.3 is 40.1 Å². The first kappa shape index (κ1) is 33.8. The monoisotopic (exact) mass is 634 g/mol. The second kappa shape index (κ2) is 10.7. The molecule has 0 bridgehead atoms. The van der Waals surface area contributed by atoms with Crippen LogP contribution in [0.5, 0.6) is 0 Å². The average molecular weight is 635 g/mol. The summed E-state index contributed by atoms with van der Waals surface area (Å²) in [7, 11) is 0. The number of allylic oxidation sites excluding steroid dienone is 2. The summed E-state index contributed by atoms with van der Waals surface area (Å²) in [5.41, 5.74) is -0.661. The Morgan fingerprint density at radius 3 is 2.20 bits per heavy atom. The normalized spacial score (nSPS) is 53.6. The Bertz CT molecular complexity index is 1210. The van der Waals surface area contributed by atoms with Gasteiger partial charge in [0, 0.05) is 0 Å². The van der Waals surface area contributed by atoms with Crippen molar-refractivity contribution < 1.29 is 44.9 Å². The summed E-state index contributed by atoms with van der Waals surface area (Å²) in [4.78, 5) is 14.4. The number of rotatable bonds is 3. The molecule has 0 radical (unpaired) electrons. The highest BCUT2D eigenvalue weighted by atomic mass is 16.7. The highest BCUT2D eigenvalue weighted by Crippen LogP contribution is 2.75. The van der Waals surface area contributed by atoms with Crippen molar-refractivity contribution in [3.8, 4) is 0 Å². The lowest BCUT2D eigenvalue weighted by Gasteiger charge is -2.71. The highest BCUT2D eigenvalue weighted by Gasteiger charge is 2.71. The Labute approximate surface area is 268 Å². The number of esters is 1. The van der Waals surface area contributed by atoms with Crippen LogP contribution in [0.2, 0.25) is 0 Å². The van der Waals surface area contributed by atoms with Crippen LogP contribution in [-0.4, -0.2) is 86.1 Å². The summed E-state index contributed by atoms with van der Waals surface area (Å²) >= 11 is 0. The maximum Gasteiger partial charge on any atom is 0.317 e. The van der Waals surface area contributed by atoms with Crippen LogP contribution in [-0.2, 0) is 14.3 Å². The molecule has 256 valence electrons. The van der Waals surface area contributed by atoms with Crippen molar-refractivity contribution in [2.24, 2.45) is 50.2 Å². The van der Waals surface area contributed by atoms with E-state index in [-0.39, 0.29) is 39.1 Å². The molecule has 45 heavy (non-hydrogen) atoms. The van der Waals surface area contributed by atoms with E-state index in [9.17, 15) is 35.4 Å². The zero-order chi connectivity index (χ0) is 33.1. The number of aliphatic hydroxyl groups excluding tert-OH is 6. The molecule has 14 atom stereocenters. The molecule has 0 spiro atoms. The summed E-state index contributed by atoms with van der Waals surface area (Å²) in [5.74, 6) is -0.157. The number of carbonyl (C=O) groups is 1. The Hall–Kier alpha value is -1.07. The van der Waals surface area contributed by atoms with Crippen molar-refractivity contribution in [2.45, 2.75) is 149 Å². The molecule has 9 nitrogen and oxygen atoms in total. The third-order valence-electron chi connectivity index (χ3n) is 15.1. The molecule has 1 saturated heterocycles. The Morgan fingerprint density at radius 1 is 0.844 bits per heavy atom. The lowest BCUT2D eigenvalue weighted by atomic mass is 9.33. The summed E-state index contributed by atoms with van der Waals surface area (Å²) in [6, 6.07) is 0. The number of carbonyl (C=O) groups excluding carboxylic acids is 1. The third kappa shape index (κ3) is 4.54. The number of ether oxygens (including phenoxy) is 2. The first-order chi connectivity index (χ1) is 20.8. The van der Waals surface area contributed by atoms with Crippen molar-refractivity contribution in [1.82, 2.24) is 0 Å². The van der Waals surface area contributed by atoms with E-state index in [1.54, 1.807) is 0 Å². The Kier molecular flexibility index (Phi) is 8.05. The summed E-state index contributed by atoms with van der Waals surface area (Å²) < 4.78 is 11.4. The minimum Gasteiger partial charge on any atom is -0.432 e. The fraction of sp³-hybridized carbons (Fsp3) is 0.917. The zero-order valence-corrected chi connectivity index (χ0v) is 28.3. The Morgan fingerprint density at radius 2 is 1.53 bits per heavy atom. The van der Waals surface area contributed by atoms with Crippen LogP contribution in [0.15, 0.2) is 11.6 Å². The predicted octanol–water partition coefficient (Wildman–Crippen LogP) is 3.46. The van der Waals surface area contributed by atoms with Gasteiger partial charge in [0.1, 0.15) is 29.8 Å². The summed E-state index contributed by atoms with van der Waals surface area (Å²) in [6.07, 6.45) is 0.341. The van der Waals surface area contributed by atoms with Crippen LogP contribution in [0.4, 0.5) is 0 Å². The predicted molar refractivity (Wildman–Crippen MR) is 166 cm³/mol. The van der Waals surface area contributed by atoms with Gasteiger partial charge in [0.2, 0.25) is 6.29 Å². The first-order valence-corrected chi connectivity index (χ1v) is 17.4. The van der Waals surface area contributed by atoms with E-state index in [0.717, 1.165) is 32.1 Å². The van der Waals surface area contributed by atoms with Gasteiger partial charge in [-0.2, -0.15) is 0 Å². The van der Waals surface area contributed by atoms with Gasteiger partial charge in [-0.05, 0) is 103 Å². The number of hydrogen-bond donors (Lipinski definition) is 6. The topological polar surface area (TPSA) is 157 Å². The molecule has 1 aliphatic heterocycles. The van der Waals surface area contributed by atoms with Gasteiger partial charge in [-0.3, -0.25) is 4.79 Å². The fourth-order valence-electron chi connectivity index (χ4n) is 12.1. The molecule has 4 saturated carbocycles.